The number of benzene rings is 2. The molecule has 178 valence electrons. The van der Waals surface area contributed by atoms with Gasteiger partial charge in [0.2, 0.25) is 0 Å². The standard InChI is InChI=1S/C26H32ClNO5/c1-26(2,3)33-25(31)28-14-12-17(13-15-28)20-6-5-7-21(24(20)30)22(29)11-9-18-8-10-19(27)16-23(18)32-4/h5-11,16-17,22,29-30H,12-15H2,1-4H3/b11-9+/i4D3,9D. The number of nitrogens with zero attached hydrogens (tertiary/aromatic N) is 1. The molecule has 0 aromatic heterocycles. The minimum atomic E-state index is -2.75. The molecule has 1 fully saturated rings. The maximum atomic E-state index is 12.4. The van der Waals surface area contributed by atoms with Crippen LogP contribution < -0.4 is 4.74 Å². The summed E-state index contributed by atoms with van der Waals surface area (Å²) in [5, 5.41) is 22.1. The molecule has 0 radical (unpaired) electrons. The van der Waals surface area contributed by atoms with E-state index in [0.29, 0.717) is 31.5 Å². The van der Waals surface area contributed by atoms with Crippen LogP contribution in [0.25, 0.3) is 6.05 Å². The highest BCUT2D eigenvalue weighted by atomic mass is 35.5. The van der Waals surface area contributed by atoms with E-state index in [1.807, 2.05) is 20.8 Å². The summed E-state index contributed by atoms with van der Waals surface area (Å²) < 4.78 is 40.9. The van der Waals surface area contributed by atoms with Crippen molar-refractivity contribution in [1.82, 2.24) is 4.90 Å². The molecule has 0 saturated carbocycles. The Balaban J connectivity index is 1.78. The second kappa shape index (κ2) is 10.5. The Morgan fingerprint density at radius 2 is 2.03 bits per heavy atom. The van der Waals surface area contributed by atoms with Gasteiger partial charge in [-0.25, -0.2) is 4.79 Å². The third kappa shape index (κ3) is 6.42. The van der Waals surface area contributed by atoms with Crippen LogP contribution in [0.4, 0.5) is 4.79 Å². The third-order valence-corrected chi connectivity index (χ3v) is 5.69. The lowest BCUT2D eigenvalue weighted by molar-refractivity contribution is 0.0204. The lowest BCUT2D eigenvalue weighted by atomic mass is 9.87. The van der Waals surface area contributed by atoms with Crippen molar-refractivity contribution in [1.29, 1.82) is 0 Å². The van der Waals surface area contributed by atoms with Crippen molar-refractivity contribution in [3.05, 3.63) is 64.2 Å². The molecule has 2 aromatic carbocycles. The van der Waals surface area contributed by atoms with E-state index in [4.69, 9.17) is 26.6 Å². The second-order valence-electron chi connectivity index (χ2n) is 9.03. The van der Waals surface area contributed by atoms with Gasteiger partial charge < -0.3 is 24.6 Å². The summed E-state index contributed by atoms with van der Waals surface area (Å²) in [5.41, 5.74) is 0.416. The third-order valence-electron chi connectivity index (χ3n) is 5.45. The molecule has 6 nitrogen and oxygen atoms in total. The molecule has 2 aromatic rings. The summed E-state index contributed by atoms with van der Waals surface area (Å²) in [6.45, 7) is 6.41. The zero-order valence-corrected chi connectivity index (χ0v) is 19.7. The van der Waals surface area contributed by atoms with Crippen LogP contribution in [-0.2, 0) is 4.74 Å². The Morgan fingerprint density at radius 3 is 2.70 bits per heavy atom. The van der Waals surface area contributed by atoms with Gasteiger partial charge in [-0.15, -0.1) is 0 Å². The number of carbonyl (C=O) groups excluding carboxylic acids is 1. The van der Waals surface area contributed by atoms with Crippen molar-refractivity contribution in [3.63, 3.8) is 0 Å². The molecule has 3 rings (SSSR count). The van der Waals surface area contributed by atoms with E-state index in [9.17, 15) is 15.0 Å². The van der Waals surface area contributed by atoms with Crippen LogP contribution in [0.5, 0.6) is 11.5 Å². The average molecular weight is 478 g/mol. The van der Waals surface area contributed by atoms with Crippen LogP contribution in [-0.4, -0.2) is 46.9 Å². The zero-order valence-electron chi connectivity index (χ0n) is 23.0. The number of methoxy groups -OCH3 is 1. The first kappa shape index (κ1) is 19.7. The minimum absolute atomic E-state index is 0.0270. The Kier molecular flexibility index (Phi) is 6.27. The molecular formula is C26H32ClNO5. The number of hydrogen-bond acceptors (Lipinski definition) is 5. The van der Waals surface area contributed by atoms with Crippen LogP contribution in [0.3, 0.4) is 0 Å². The first-order valence-electron chi connectivity index (χ1n) is 12.8. The molecule has 0 aliphatic carbocycles. The number of para-hydroxylation sites is 1. The number of likely N-dealkylation sites (tertiary alicyclic amines) is 1. The minimum Gasteiger partial charge on any atom is -0.507 e. The number of ether oxygens (including phenoxy) is 2. The van der Waals surface area contributed by atoms with Crippen molar-refractivity contribution < 1.29 is 30.0 Å². The summed E-state index contributed by atoms with van der Waals surface area (Å²) in [6.07, 6.45) is 0.723. The Hall–Kier alpha value is -2.70. The summed E-state index contributed by atoms with van der Waals surface area (Å²) in [7, 11) is -2.75. The van der Waals surface area contributed by atoms with Crippen molar-refractivity contribution in [2.75, 3.05) is 20.1 Å². The molecule has 1 atom stereocenters. The maximum absolute atomic E-state index is 12.4. The summed E-state index contributed by atoms with van der Waals surface area (Å²) in [5.74, 6) is -0.221. The Bertz CT molecular complexity index is 1150. The van der Waals surface area contributed by atoms with Gasteiger partial charge in [-0.1, -0.05) is 41.9 Å². The van der Waals surface area contributed by atoms with E-state index in [1.165, 1.54) is 24.3 Å². The average Bonchev–Trinajstić information content (AvgIpc) is 2.77. The van der Waals surface area contributed by atoms with Crippen molar-refractivity contribution in [2.24, 2.45) is 0 Å². The topological polar surface area (TPSA) is 79.2 Å². The molecule has 1 saturated heterocycles. The quantitative estimate of drug-likeness (QED) is 0.559. The van der Waals surface area contributed by atoms with Gasteiger partial charge in [0.1, 0.15) is 23.2 Å². The number of amides is 1. The molecule has 1 unspecified atom stereocenters. The lowest BCUT2D eigenvalue weighted by Crippen LogP contribution is -2.41. The number of aliphatic hydroxyl groups is 1. The summed E-state index contributed by atoms with van der Waals surface area (Å²) in [4.78, 5) is 14.0. The van der Waals surface area contributed by atoms with E-state index >= 15 is 0 Å². The monoisotopic (exact) mass is 477 g/mol. The van der Waals surface area contributed by atoms with Gasteiger partial charge in [0.25, 0.3) is 0 Å². The van der Waals surface area contributed by atoms with Gasteiger partial charge in [0, 0.05) is 29.2 Å². The van der Waals surface area contributed by atoms with Crippen molar-refractivity contribution in [2.45, 2.75) is 51.2 Å². The number of carbonyl (C=O) groups is 1. The van der Waals surface area contributed by atoms with Crippen molar-refractivity contribution >= 4 is 23.7 Å². The number of phenolic OH excluding ortho intramolecular Hbond substituents is 1. The highest BCUT2D eigenvalue weighted by molar-refractivity contribution is 6.30. The predicted octanol–water partition coefficient (Wildman–Crippen LogP) is 5.92. The van der Waals surface area contributed by atoms with E-state index in [0.717, 1.165) is 0 Å². The highest BCUT2D eigenvalue weighted by Gasteiger charge is 2.29. The summed E-state index contributed by atoms with van der Waals surface area (Å²) >= 11 is 5.96. The largest absolute Gasteiger partial charge is 0.507 e. The fraction of sp³-hybridized carbons (Fsp3) is 0.423. The fourth-order valence-electron chi connectivity index (χ4n) is 3.81. The van der Waals surface area contributed by atoms with Gasteiger partial charge in [-0.3, -0.25) is 0 Å². The van der Waals surface area contributed by atoms with E-state index < -0.39 is 18.7 Å². The fourth-order valence-corrected chi connectivity index (χ4v) is 3.97. The van der Waals surface area contributed by atoms with Gasteiger partial charge in [0.15, 0.2) is 0 Å². The van der Waals surface area contributed by atoms with E-state index in [-0.39, 0.29) is 45.7 Å². The lowest BCUT2D eigenvalue weighted by Gasteiger charge is -2.34. The molecule has 7 heteroatoms. The normalized spacial score (nSPS) is 18.6. The van der Waals surface area contributed by atoms with Crippen molar-refractivity contribution in [3.8, 4) is 11.5 Å². The molecule has 1 aliphatic heterocycles. The molecule has 1 heterocycles. The number of aliphatic hydroxyl groups excluding tert-OH is 1. The predicted molar refractivity (Wildman–Crippen MR) is 130 cm³/mol. The van der Waals surface area contributed by atoms with Crippen LogP contribution in [0.1, 0.15) is 67.8 Å². The zero-order chi connectivity index (χ0) is 27.5. The maximum Gasteiger partial charge on any atom is 0.410 e. The van der Waals surface area contributed by atoms with Gasteiger partial charge in [0.05, 0.1) is 12.5 Å². The van der Waals surface area contributed by atoms with Crippen LogP contribution in [0.2, 0.25) is 5.02 Å². The Morgan fingerprint density at radius 1 is 1.30 bits per heavy atom. The molecular weight excluding hydrogens is 442 g/mol. The number of aromatic hydroxyl groups is 1. The van der Waals surface area contributed by atoms with Gasteiger partial charge >= 0.3 is 6.09 Å². The number of rotatable bonds is 5. The van der Waals surface area contributed by atoms with Crippen LogP contribution >= 0.6 is 11.6 Å². The number of hydrogen-bond donors (Lipinski definition) is 2. The first-order chi connectivity index (χ1) is 17.1. The molecule has 1 aliphatic rings. The van der Waals surface area contributed by atoms with Gasteiger partial charge in [-0.2, -0.15) is 0 Å². The smallest absolute Gasteiger partial charge is 0.410 e. The van der Waals surface area contributed by atoms with Crippen LogP contribution in [0, 0.1) is 0 Å². The molecule has 0 bridgehead atoms. The number of halogens is 1. The van der Waals surface area contributed by atoms with E-state index in [2.05, 4.69) is 0 Å². The number of piperidine rings is 1. The molecule has 2 N–H and O–H groups in total. The van der Waals surface area contributed by atoms with E-state index in [1.54, 1.807) is 23.1 Å². The van der Waals surface area contributed by atoms with Gasteiger partial charge in [-0.05, 0) is 63.3 Å². The highest BCUT2D eigenvalue weighted by Crippen LogP contribution is 2.38. The molecule has 0 spiro atoms. The molecule has 33 heavy (non-hydrogen) atoms. The SMILES string of the molecule is [2H]/C(=C\C(O)c1cccc(C2CCN(C(=O)OC(C)(C)C)CC2)c1O)c1ccc(Cl)cc1OC([2H])([2H])[2H]. The first-order valence-corrected chi connectivity index (χ1v) is 11.2. The second-order valence-corrected chi connectivity index (χ2v) is 9.46. The summed E-state index contributed by atoms with van der Waals surface area (Å²) in [6, 6.07) is 9.08. The number of phenols is 1. The Labute approximate surface area is 206 Å². The molecule has 1 amide bonds. The van der Waals surface area contributed by atoms with Crippen LogP contribution in [0.15, 0.2) is 42.5 Å².